The minimum Gasteiger partial charge on any atom is -0.384 e. The van der Waals surface area contributed by atoms with E-state index in [4.69, 9.17) is 0 Å². The van der Waals surface area contributed by atoms with E-state index in [0.717, 1.165) is 31.7 Å². The summed E-state index contributed by atoms with van der Waals surface area (Å²) >= 11 is 0. The van der Waals surface area contributed by atoms with Crippen molar-refractivity contribution in [3.63, 3.8) is 0 Å². The Hall–Kier alpha value is -1.09. The summed E-state index contributed by atoms with van der Waals surface area (Å²) in [6.45, 7) is 3.02. The Morgan fingerprint density at radius 3 is 3.00 bits per heavy atom. The van der Waals surface area contributed by atoms with Crippen molar-refractivity contribution in [3.05, 3.63) is 29.6 Å². The third kappa shape index (κ3) is 0.989. The molecule has 0 aromatic heterocycles. The first-order chi connectivity index (χ1) is 6.80. The van der Waals surface area contributed by atoms with Crippen molar-refractivity contribution >= 4 is 5.69 Å². The lowest BCUT2D eigenvalue weighted by Crippen LogP contribution is -2.30. The molecule has 1 spiro atoms. The second-order valence-electron chi connectivity index (χ2n) is 4.25. The molecule has 2 aliphatic rings. The molecule has 1 fully saturated rings. The summed E-state index contributed by atoms with van der Waals surface area (Å²) < 4.78 is 13.0. The number of anilines is 1. The molecule has 0 amide bonds. The van der Waals surface area contributed by atoms with Crippen LogP contribution in [0.5, 0.6) is 0 Å². The number of hydrogen-bond acceptors (Lipinski definition) is 2. The largest absolute Gasteiger partial charge is 0.384 e. The van der Waals surface area contributed by atoms with Crippen molar-refractivity contribution in [2.75, 3.05) is 25.0 Å². The van der Waals surface area contributed by atoms with Crippen LogP contribution in [0.3, 0.4) is 0 Å². The lowest BCUT2D eigenvalue weighted by Gasteiger charge is -2.21. The third-order valence-electron chi connectivity index (χ3n) is 3.41. The van der Waals surface area contributed by atoms with Gasteiger partial charge >= 0.3 is 0 Å². The van der Waals surface area contributed by atoms with E-state index in [9.17, 15) is 4.39 Å². The lowest BCUT2D eigenvalue weighted by molar-refractivity contribution is 0.522. The van der Waals surface area contributed by atoms with Gasteiger partial charge in [0, 0.05) is 24.2 Å². The Balaban J connectivity index is 2.09. The van der Waals surface area contributed by atoms with E-state index >= 15 is 0 Å². The molecule has 3 heteroatoms. The Bertz CT molecular complexity index is 370. The molecule has 3 rings (SSSR count). The maximum absolute atomic E-state index is 13.0. The zero-order chi connectivity index (χ0) is 9.60. The maximum Gasteiger partial charge on any atom is 0.125 e. The number of hydrogen-bond donors (Lipinski definition) is 2. The molecule has 1 unspecified atom stereocenters. The van der Waals surface area contributed by atoms with Crippen LogP contribution in [0.4, 0.5) is 10.1 Å². The Labute approximate surface area is 82.5 Å². The summed E-state index contributed by atoms with van der Waals surface area (Å²) in [5.41, 5.74) is 2.49. The highest BCUT2D eigenvalue weighted by Crippen LogP contribution is 2.40. The summed E-state index contributed by atoms with van der Waals surface area (Å²) in [6.07, 6.45) is 1.15. The van der Waals surface area contributed by atoms with Gasteiger partial charge in [0.1, 0.15) is 5.82 Å². The predicted octanol–water partition coefficient (Wildman–Crippen LogP) is 1.48. The van der Waals surface area contributed by atoms with Gasteiger partial charge < -0.3 is 10.6 Å². The molecular weight excluding hydrogens is 179 g/mol. The molecule has 2 nitrogen and oxygen atoms in total. The molecule has 2 N–H and O–H groups in total. The van der Waals surface area contributed by atoms with Crippen LogP contribution in [-0.4, -0.2) is 19.6 Å². The molecule has 74 valence electrons. The molecule has 0 aliphatic carbocycles. The van der Waals surface area contributed by atoms with E-state index in [1.165, 1.54) is 5.56 Å². The number of halogens is 1. The highest BCUT2D eigenvalue weighted by Gasteiger charge is 2.41. The van der Waals surface area contributed by atoms with E-state index in [1.807, 2.05) is 6.07 Å². The van der Waals surface area contributed by atoms with Gasteiger partial charge in [-0.2, -0.15) is 0 Å². The first-order valence-corrected chi connectivity index (χ1v) is 5.05. The summed E-state index contributed by atoms with van der Waals surface area (Å²) in [5.74, 6) is -0.153. The smallest absolute Gasteiger partial charge is 0.125 e. The first kappa shape index (κ1) is 8.24. The van der Waals surface area contributed by atoms with Gasteiger partial charge in [-0.25, -0.2) is 4.39 Å². The minimum atomic E-state index is -0.153. The Morgan fingerprint density at radius 1 is 1.29 bits per heavy atom. The second kappa shape index (κ2) is 2.70. The van der Waals surface area contributed by atoms with Gasteiger partial charge in [-0.3, -0.25) is 0 Å². The summed E-state index contributed by atoms with van der Waals surface area (Å²) in [5, 5.41) is 6.67. The van der Waals surface area contributed by atoms with Crippen molar-refractivity contribution in [1.82, 2.24) is 5.32 Å². The van der Waals surface area contributed by atoms with Crippen LogP contribution in [0.15, 0.2) is 18.2 Å². The molecule has 1 aromatic carbocycles. The molecule has 0 radical (unpaired) electrons. The molecule has 1 aromatic rings. The van der Waals surface area contributed by atoms with Crippen LogP contribution < -0.4 is 10.6 Å². The van der Waals surface area contributed by atoms with Crippen molar-refractivity contribution in [3.8, 4) is 0 Å². The Kier molecular flexibility index (Phi) is 1.59. The second-order valence-corrected chi connectivity index (χ2v) is 4.25. The fourth-order valence-corrected chi connectivity index (χ4v) is 2.61. The number of rotatable bonds is 0. The maximum atomic E-state index is 13.0. The molecule has 0 bridgehead atoms. The molecule has 14 heavy (non-hydrogen) atoms. The van der Waals surface area contributed by atoms with Gasteiger partial charge in [0.2, 0.25) is 0 Å². The minimum absolute atomic E-state index is 0.153. The van der Waals surface area contributed by atoms with Gasteiger partial charge in [-0.1, -0.05) is 6.07 Å². The van der Waals surface area contributed by atoms with Crippen LogP contribution in [0.1, 0.15) is 12.0 Å². The number of nitrogens with one attached hydrogen (secondary N) is 2. The van der Waals surface area contributed by atoms with Gasteiger partial charge in [0.25, 0.3) is 0 Å². The van der Waals surface area contributed by atoms with Crippen LogP contribution in [-0.2, 0) is 5.41 Å². The average molecular weight is 192 g/mol. The number of benzene rings is 1. The van der Waals surface area contributed by atoms with Crippen LogP contribution in [0.2, 0.25) is 0 Å². The summed E-state index contributed by atoms with van der Waals surface area (Å²) in [4.78, 5) is 0. The SMILES string of the molecule is Fc1ccc2c(c1)NCC21CCNC1. The highest BCUT2D eigenvalue weighted by molar-refractivity contribution is 5.61. The molecule has 1 atom stereocenters. The summed E-state index contributed by atoms with van der Waals surface area (Å²) in [6, 6.07) is 5.09. The van der Waals surface area contributed by atoms with Gasteiger partial charge in [0.05, 0.1) is 0 Å². The summed E-state index contributed by atoms with van der Waals surface area (Å²) in [7, 11) is 0. The van der Waals surface area contributed by atoms with Crippen molar-refractivity contribution in [2.45, 2.75) is 11.8 Å². The van der Waals surface area contributed by atoms with Crippen LogP contribution in [0.25, 0.3) is 0 Å². The third-order valence-corrected chi connectivity index (χ3v) is 3.41. The van der Waals surface area contributed by atoms with Gasteiger partial charge in [-0.05, 0) is 30.7 Å². The van der Waals surface area contributed by atoms with E-state index in [-0.39, 0.29) is 11.2 Å². The molecular formula is C11H13FN2. The number of fused-ring (bicyclic) bond motifs is 2. The standard InChI is InChI=1S/C11H13FN2/c12-8-1-2-9-10(5-8)14-7-11(9)3-4-13-6-11/h1-2,5,13-14H,3-4,6-7H2. The van der Waals surface area contributed by atoms with E-state index in [0.29, 0.717) is 0 Å². The van der Waals surface area contributed by atoms with E-state index in [2.05, 4.69) is 10.6 Å². The van der Waals surface area contributed by atoms with E-state index < -0.39 is 0 Å². The van der Waals surface area contributed by atoms with Crippen LogP contribution >= 0.6 is 0 Å². The molecule has 0 saturated carbocycles. The predicted molar refractivity (Wildman–Crippen MR) is 54.1 cm³/mol. The first-order valence-electron chi connectivity index (χ1n) is 5.05. The Morgan fingerprint density at radius 2 is 2.21 bits per heavy atom. The molecule has 1 saturated heterocycles. The van der Waals surface area contributed by atoms with Crippen LogP contribution in [0, 0.1) is 5.82 Å². The zero-order valence-corrected chi connectivity index (χ0v) is 7.94. The topological polar surface area (TPSA) is 24.1 Å². The van der Waals surface area contributed by atoms with Gasteiger partial charge in [0.15, 0.2) is 0 Å². The molecule has 2 aliphatic heterocycles. The fourth-order valence-electron chi connectivity index (χ4n) is 2.61. The molecule has 2 heterocycles. The van der Waals surface area contributed by atoms with E-state index in [1.54, 1.807) is 12.1 Å². The quantitative estimate of drug-likeness (QED) is 0.650. The lowest BCUT2D eigenvalue weighted by atomic mass is 9.82. The average Bonchev–Trinajstić information content (AvgIpc) is 2.77. The monoisotopic (exact) mass is 192 g/mol. The zero-order valence-electron chi connectivity index (χ0n) is 7.94. The highest BCUT2D eigenvalue weighted by atomic mass is 19.1. The van der Waals surface area contributed by atoms with Crippen molar-refractivity contribution < 1.29 is 4.39 Å². The fraction of sp³-hybridized carbons (Fsp3) is 0.455. The van der Waals surface area contributed by atoms with Gasteiger partial charge in [-0.15, -0.1) is 0 Å². The normalized spacial score (nSPS) is 29.2. The van der Waals surface area contributed by atoms with Crippen molar-refractivity contribution in [2.24, 2.45) is 0 Å². The van der Waals surface area contributed by atoms with Crippen molar-refractivity contribution in [1.29, 1.82) is 0 Å².